The van der Waals surface area contributed by atoms with Crippen molar-refractivity contribution in [1.82, 2.24) is 15.1 Å². The topological polar surface area (TPSA) is 133 Å². The molecule has 3 heterocycles. The number of likely N-dealkylation sites (tertiary alicyclic amines) is 1. The predicted octanol–water partition coefficient (Wildman–Crippen LogP) is 5.73. The van der Waals surface area contributed by atoms with Crippen molar-refractivity contribution in [1.29, 1.82) is 0 Å². The first kappa shape index (κ1) is 35.6. The van der Waals surface area contributed by atoms with Gasteiger partial charge in [0, 0.05) is 53.9 Å². The van der Waals surface area contributed by atoms with Gasteiger partial charge in [0.25, 0.3) is 5.91 Å². The number of amides is 3. The molecular formula is C39H46ClN3O7. The number of hydrogen-bond donors (Lipinski definition) is 2. The average Bonchev–Trinajstić information content (AvgIpc) is 3.41. The fraction of sp³-hybridized carbons (Fsp3) is 0.513. The molecule has 1 aliphatic carbocycles. The number of carboxylic acid groups (broad SMARTS) is 1. The van der Waals surface area contributed by atoms with Crippen LogP contribution in [-0.4, -0.2) is 81.4 Å². The number of allylic oxidation sites excluding steroid dienone is 1. The van der Waals surface area contributed by atoms with E-state index >= 15 is 0 Å². The second kappa shape index (κ2) is 14.2. The smallest absolute Gasteiger partial charge is 0.330 e. The van der Waals surface area contributed by atoms with E-state index in [0.717, 1.165) is 36.8 Å². The lowest BCUT2D eigenvalue weighted by molar-refractivity contribution is -0.159. The van der Waals surface area contributed by atoms with Gasteiger partial charge in [-0.25, -0.2) is 4.79 Å². The summed E-state index contributed by atoms with van der Waals surface area (Å²) in [6, 6.07) is 13.7. The van der Waals surface area contributed by atoms with E-state index < -0.39 is 46.9 Å². The van der Waals surface area contributed by atoms with E-state index in [-0.39, 0.29) is 49.6 Å². The van der Waals surface area contributed by atoms with Crippen LogP contribution in [0.2, 0.25) is 5.02 Å². The molecule has 4 aliphatic rings. The summed E-state index contributed by atoms with van der Waals surface area (Å²) >= 11 is 6.22. The number of carbonyl (C=O) groups excluding carboxylic acids is 4. The van der Waals surface area contributed by atoms with Crippen LogP contribution in [0.25, 0.3) is 11.1 Å². The molecule has 0 spiro atoms. The molecule has 3 amide bonds. The van der Waals surface area contributed by atoms with Crippen LogP contribution in [0.3, 0.4) is 0 Å². The van der Waals surface area contributed by atoms with E-state index in [9.17, 15) is 29.1 Å². The zero-order chi connectivity index (χ0) is 35.8. The Kier molecular flexibility index (Phi) is 10.1. The number of halogens is 1. The van der Waals surface area contributed by atoms with Crippen LogP contribution >= 0.6 is 11.6 Å². The summed E-state index contributed by atoms with van der Waals surface area (Å²) in [6.07, 6.45) is 7.69. The third kappa shape index (κ3) is 7.60. The van der Waals surface area contributed by atoms with Crippen LogP contribution in [0, 0.1) is 23.7 Å². The van der Waals surface area contributed by atoms with Crippen molar-refractivity contribution in [3.63, 3.8) is 0 Å². The maximum Gasteiger partial charge on any atom is 0.330 e. The third-order valence-electron chi connectivity index (χ3n) is 10.5. The Morgan fingerprint density at radius 3 is 2.46 bits per heavy atom. The normalized spacial score (nSPS) is 29.1. The molecule has 266 valence electrons. The highest BCUT2D eigenvalue weighted by atomic mass is 35.5. The number of fused-ring (bicyclic) bond motifs is 4. The van der Waals surface area contributed by atoms with Crippen LogP contribution in [0.4, 0.5) is 0 Å². The first-order chi connectivity index (χ1) is 23.8. The van der Waals surface area contributed by atoms with Crippen LogP contribution in [-0.2, 0) is 23.9 Å². The highest BCUT2D eigenvalue weighted by Crippen LogP contribution is 2.46. The summed E-state index contributed by atoms with van der Waals surface area (Å²) in [6.45, 7) is 6.13. The summed E-state index contributed by atoms with van der Waals surface area (Å²) in [5, 5.41) is 13.7. The summed E-state index contributed by atoms with van der Waals surface area (Å²) in [7, 11) is 0. The number of esters is 1. The number of rotatable bonds is 5. The number of hydrogen-bond acceptors (Lipinski definition) is 6. The Labute approximate surface area is 298 Å². The summed E-state index contributed by atoms with van der Waals surface area (Å²) in [5.41, 5.74) is 0.0732. The second-order valence-corrected chi connectivity index (χ2v) is 15.7. The van der Waals surface area contributed by atoms with Gasteiger partial charge < -0.3 is 25.0 Å². The van der Waals surface area contributed by atoms with Crippen LogP contribution < -0.4 is 5.32 Å². The Balaban J connectivity index is 1.27. The molecule has 0 bridgehead atoms. The summed E-state index contributed by atoms with van der Waals surface area (Å²) in [4.78, 5) is 71.4. The lowest BCUT2D eigenvalue weighted by Crippen LogP contribution is -2.56. The number of aliphatic carboxylic acids is 1. The molecule has 2 aromatic rings. The van der Waals surface area contributed by atoms with Gasteiger partial charge in [0.05, 0.1) is 6.42 Å². The van der Waals surface area contributed by atoms with E-state index in [0.29, 0.717) is 23.6 Å². The fourth-order valence-electron chi connectivity index (χ4n) is 7.93. The van der Waals surface area contributed by atoms with E-state index in [1.165, 1.54) is 0 Å². The molecule has 50 heavy (non-hydrogen) atoms. The number of carboxylic acids is 1. The molecule has 1 saturated carbocycles. The molecule has 2 saturated heterocycles. The van der Waals surface area contributed by atoms with Crippen LogP contribution in [0.5, 0.6) is 0 Å². The average molecular weight is 704 g/mol. The van der Waals surface area contributed by atoms with Gasteiger partial charge in [-0.05, 0) is 81.8 Å². The molecule has 3 fully saturated rings. The van der Waals surface area contributed by atoms with Gasteiger partial charge in [-0.1, -0.05) is 60.9 Å². The standard InChI is InChI=1S/C39H46ClN3O7/c1-38(2,3)50-32(44)19-27-11-7-5-4-6-8-15-29-20-39(29,37(48)49)41-34(45)33-31-23-42(21-28(31)22-43(33)36(27)47)35(46)26-14-9-12-24(17-26)25-13-10-16-30(40)18-25/h8-10,12-18,27-29,31,33H,4-7,11,19-23H2,1-3H3,(H,41,45)(H,48,49)/b15-8-/t27-,28-,29+,31-,33-,39+/m0/s1. The molecule has 6 atom stereocenters. The van der Waals surface area contributed by atoms with Gasteiger partial charge in [-0.2, -0.15) is 0 Å². The molecule has 2 N–H and O–H groups in total. The van der Waals surface area contributed by atoms with Gasteiger partial charge in [0.15, 0.2) is 0 Å². The number of nitrogens with zero attached hydrogens (tertiary/aromatic N) is 2. The van der Waals surface area contributed by atoms with E-state index in [2.05, 4.69) is 5.32 Å². The predicted molar refractivity (Wildman–Crippen MR) is 188 cm³/mol. The van der Waals surface area contributed by atoms with Crippen LogP contribution in [0.1, 0.15) is 76.1 Å². The maximum atomic E-state index is 14.4. The van der Waals surface area contributed by atoms with Gasteiger partial charge in [-0.15, -0.1) is 0 Å². The fourth-order valence-corrected chi connectivity index (χ4v) is 8.13. The van der Waals surface area contributed by atoms with E-state index in [4.69, 9.17) is 16.3 Å². The maximum absolute atomic E-state index is 14.4. The Morgan fingerprint density at radius 2 is 1.74 bits per heavy atom. The SMILES string of the molecule is CC(C)(C)OC(=O)C[C@@H]1CCCCC/C=C\[C@@H]2C[C@@]2(C(=O)O)NC(=O)[C@@H]2[C@H]3CN(C(=O)c4cccc(-c5cccc(Cl)c5)c4)C[C@H]3CN2C1=O. The Morgan fingerprint density at radius 1 is 1.00 bits per heavy atom. The van der Waals surface area contributed by atoms with Crippen LogP contribution in [0.15, 0.2) is 60.7 Å². The summed E-state index contributed by atoms with van der Waals surface area (Å²) < 4.78 is 5.59. The van der Waals surface area contributed by atoms with Crippen molar-refractivity contribution in [2.75, 3.05) is 19.6 Å². The zero-order valence-corrected chi connectivity index (χ0v) is 29.7. The third-order valence-corrected chi connectivity index (χ3v) is 10.7. The minimum Gasteiger partial charge on any atom is -0.479 e. The molecule has 0 radical (unpaired) electrons. The van der Waals surface area contributed by atoms with Gasteiger partial charge >= 0.3 is 11.9 Å². The van der Waals surface area contributed by atoms with Crippen molar-refractivity contribution in [2.24, 2.45) is 23.7 Å². The van der Waals surface area contributed by atoms with Crippen molar-refractivity contribution in [3.8, 4) is 11.1 Å². The molecule has 10 nitrogen and oxygen atoms in total. The van der Waals surface area contributed by atoms with Gasteiger partial charge in [0.2, 0.25) is 11.8 Å². The lowest BCUT2D eigenvalue weighted by Gasteiger charge is -2.32. The van der Waals surface area contributed by atoms with Gasteiger partial charge in [0.1, 0.15) is 17.2 Å². The number of nitrogens with one attached hydrogen (secondary N) is 1. The molecule has 0 aromatic heterocycles. The van der Waals surface area contributed by atoms with E-state index in [1.807, 2.05) is 48.6 Å². The van der Waals surface area contributed by atoms with Crippen molar-refractivity contribution >= 4 is 41.3 Å². The zero-order valence-electron chi connectivity index (χ0n) is 28.9. The van der Waals surface area contributed by atoms with Gasteiger partial charge in [-0.3, -0.25) is 19.2 Å². The highest BCUT2D eigenvalue weighted by Gasteiger charge is 2.62. The molecule has 6 rings (SSSR count). The minimum absolute atomic E-state index is 0.106. The lowest BCUT2D eigenvalue weighted by atomic mass is 9.92. The summed E-state index contributed by atoms with van der Waals surface area (Å²) in [5.74, 6) is -4.24. The minimum atomic E-state index is -1.44. The monoisotopic (exact) mass is 703 g/mol. The van der Waals surface area contributed by atoms with Crippen molar-refractivity contribution < 1.29 is 33.8 Å². The first-order valence-corrected chi connectivity index (χ1v) is 18.0. The molecule has 11 heteroatoms. The largest absolute Gasteiger partial charge is 0.479 e. The first-order valence-electron chi connectivity index (χ1n) is 17.7. The van der Waals surface area contributed by atoms with E-state index in [1.54, 1.807) is 42.7 Å². The molecule has 2 aromatic carbocycles. The molecule has 0 unspecified atom stereocenters. The number of carbonyl (C=O) groups is 5. The highest BCUT2D eigenvalue weighted by molar-refractivity contribution is 6.30. The molecule has 3 aliphatic heterocycles. The Hall–Kier alpha value is -4.18. The number of benzene rings is 2. The molecular weight excluding hydrogens is 658 g/mol. The number of ether oxygens (including phenoxy) is 1. The second-order valence-electron chi connectivity index (χ2n) is 15.3. The van der Waals surface area contributed by atoms with Crippen molar-refractivity contribution in [2.45, 2.75) is 82.9 Å². The van der Waals surface area contributed by atoms with Crippen molar-refractivity contribution in [3.05, 3.63) is 71.3 Å². The quantitative estimate of drug-likeness (QED) is 0.300. The Bertz CT molecular complexity index is 1700.